The van der Waals surface area contributed by atoms with Crippen molar-refractivity contribution in [3.8, 4) is 0 Å². The third kappa shape index (κ3) is 9.19. The van der Waals surface area contributed by atoms with Gasteiger partial charge in [-0.3, -0.25) is 24.5 Å². The predicted octanol–water partition coefficient (Wildman–Crippen LogP) is 5.44. The Morgan fingerprint density at radius 1 is 0.872 bits per heavy atom. The summed E-state index contributed by atoms with van der Waals surface area (Å²) in [6.07, 6.45) is 5.57. The number of anilines is 2. The molecule has 4 rings (SSSR count). The van der Waals surface area contributed by atoms with Crippen molar-refractivity contribution >= 4 is 40.8 Å². The normalized spacial score (nSPS) is 11.0. The van der Waals surface area contributed by atoms with Crippen LogP contribution in [0.25, 0.3) is 0 Å². The Hall–Kier alpha value is -5.66. The van der Waals surface area contributed by atoms with E-state index in [0.29, 0.717) is 25.2 Å². The number of ether oxygens (including phenoxy) is 1. The molecule has 3 heterocycles. The van der Waals surface area contributed by atoms with Crippen molar-refractivity contribution in [2.75, 3.05) is 17.2 Å². The van der Waals surface area contributed by atoms with E-state index in [1.54, 1.807) is 22.3 Å². The zero-order valence-corrected chi connectivity index (χ0v) is 26.5. The number of esters is 1. The molecule has 47 heavy (non-hydrogen) atoms. The van der Waals surface area contributed by atoms with Crippen LogP contribution in [0.15, 0.2) is 67.1 Å². The molecule has 4 aromatic rings. The molecule has 14 nitrogen and oxygen atoms in total. The molecule has 0 aliphatic carbocycles. The zero-order chi connectivity index (χ0) is 34.1. The Morgan fingerprint density at radius 2 is 1.47 bits per heavy atom. The van der Waals surface area contributed by atoms with Gasteiger partial charge in [0.05, 0.1) is 35.5 Å². The smallest absolute Gasteiger partial charge is 0.355 e. The summed E-state index contributed by atoms with van der Waals surface area (Å²) in [6.45, 7) is 6.51. The number of amides is 2. The fourth-order valence-electron chi connectivity index (χ4n) is 5.13. The summed E-state index contributed by atoms with van der Waals surface area (Å²) in [6, 6.07) is 13.9. The second kappa shape index (κ2) is 15.6. The summed E-state index contributed by atoms with van der Waals surface area (Å²) in [5.41, 5.74) is 1.90. The topological polar surface area (TPSA) is 180 Å². The first-order chi connectivity index (χ1) is 22.4. The number of nitro groups is 1. The number of aromatic nitrogens is 3. The SMILES string of the molecule is CCOC(=O)c1cc(NC(=O)c2cc(NC(=O)c3cc([N+](=O)[O-])cn3CCCc3ccccc3)cn2CC(C)C)cn1CCC(=O)O. The van der Waals surface area contributed by atoms with Crippen LogP contribution in [0.3, 0.4) is 0 Å². The molecule has 14 heteroatoms. The molecule has 3 aromatic heterocycles. The Labute approximate surface area is 271 Å². The summed E-state index contributed by atoms with van der Waals surface area (Å²) >= 11 is 0. The van der Waals surface area contributed by atoms with E-state index in [2.05, 4.69) is 10.6 Å². The molecule has 0 saturated carbocycles. The van der Waals surface area contributed by atoms with E-state index >= 15 is 0 Å². The molecule has 0 aliphatic heterocycles. The number of nitrogens with one attached hydrogen (secondary N) is 2. The average molecular weight is 647 g/mol. The van der Waals surface area contributed by atoms with Gasteiger partial charge < -0.3 is 34.2 Å². The molecule has 248 valence electrons. The fourth-order valence-corrected chi connectivity index (χ4v) is 5.13. The molecule has 0 bridgehead atoms. The summed E-state index contributed by atoms with van der Waals surface area (Å²) < 4.78 is 9.74. The molecule has 0 saturated heterocycles. The third-order valence-electron chi connectivity index (χ3n) is 7.19. The van der Waals surface area contributed by atoms with Gasteiger partial charge in [0.15, 0.2) is 0 Å². The minimum Gasteiger partial charge on any atom is -0.481 e. The number of aryl methyl sites for hydroxylation is 3. The van der Waals surface area contributed by atoms with Crippen LogP contribution in [-0.2, 0) is 35.6 Å². The highest BCUT2D eigenvalue weighted by molar-refractivity contribution is 6.07. The summed E-state index contributed by atoms with van der Waals surface area (Å²) in [7, 11) is 0. The minimum atomic E-state index is -1.05. The average Bonchev–Trinajstić information content (AvgIpc) is 3.73. The van der Waals surface area contributed by atoms with Crippen molar-refractivity contribution in [2.45, 2.75) is 59.7 Å². The number of aliphatic carboxylic acids is 1. The molecule has 0 spiro atoms. The molecular formula is C33H38N6O8. The highest BCUT2D eigenvalue weighted by atomic mass is 16.6. The summed E-state index contributed by atoms with van der Waals surface area (Å²) in [5.74, 6) is -2.67. The minimum absolute atomic E-state index is 0.00853. The number of hydrogen-bond donors (Lipinski definition) is 3. The molecule has 0 aliphatic rings. The van der Waals surface area contributed by atoms with Crippen LogP contribution in [0.4, 0.5) is 17.1 Å². The van der Waals surface area contributed by atoms with Crippen LogP contribution in [-0.4, -0.2) is 54.1 Å². The first-order valence-electron chi connectivity index (χ1n) is 15.3. The Balaban J connectivity index is 1.54. The third-order valence-corrected chi connectivity index (χ3v) is 7.19. The number of benzene rings is 1. The van der Waals surface area contributed by atoms with E-state index in [-0.39, 0.29) is 53.9 Å². The van der Waals surface area contributed by atoms with Gasteiger partial charge in [-0.05, 0) is 43.4 Å². The lowest BCUT2D eigenvalue weighted by molar-refractivity contribution is -0.384. The molecule has 3 N–H and O–H groups in total. The van der Waals surface area contributed by atoms with E-state index in [1.807, 2.05) is 44.2 Å². The molecule has 0 unspecified atom stereocenters. The lowest BCUT2D eigenvalue weighted by atomic mass is 10.1. The second-order valence-corrected chi connectivity index (χ2v) is 11.4. The van der Waals surface area contributed by atoms with E-state index < -0.39 is 28.7 Å². The molecule has 0 atom stereocenters. The maximum Gasteiger partial charge on any atom is 0.355 e. The molecule has 0 radical (unpaired) electrons. The van der Waals surface area contributed by atoms with Crippen molar-refractivity contribution in [1.29, 1.82) is 0 Å². The van der Waals surface area contributed by atoms with Gasteiger partial charge in [-0.2, -0.15) is 0 Å². The van der Waals surface area contributed by atoms with Crippen LogP contribution in [0.5, 0.6) is 0 Å². The van der Waals surface area contributed by atoms with E-state index in [4.69, 9.17) is 9.84 Å². The number of rotatable bonds is 16. The zero-order valence-electron chi connectivity index (χ0n) is 26.5. The first kappa shape index (κ1) is 34.2. The molecular weight excluding hydrogens is 608 g/mol. The van der Waals surface area contributed by atoms with Crippen molar-refractivity contribution < 1.29 is 33.9 Å². The maximum atomic E-state index is 13.5. The molecule has 0 fully saturated rings. The van der Waals surface area contributed by atoms with Gasteiger partial charge in [-0.25, -0.2) is 4.79 Å². The van der Waals surface area contributed by atoms with Crippen molar-refractivity contribution in [1.82, 2.24) is 13.7 Å². The fraction of sp³-hybridized carbons (Fsp3) is 0.333. The van der Waals surface area contributed by atoms with Crippen LogP contribution < -0.4 is 10.6 Å². The van der Waals surface area contributed by atoms with Crippen LogP contribution in [0.2, 0.25) is 0 Å². The predicted molar refractivity (Wildman–Crippen MR) is 174 cm³/mol. The lowest BCUT2D eigenvalue weighted by Crippen LogP contribution is -2.18. The number of carbonyl (C=O) groups is 4. The van der Waals surface area contributed by atoms with Gasteiger partial charge in [0.2, 0.25) is 0 Å². The number of carboxylic acid groups (broad SMARTS) is 1. The van der Waals surface area contributed by atoms with Gasteiger partial charge in [0.1, 0.15) is 17.1 Å². The second-order valence-electron chi connectivity index (χ2n) is 11.4. The lowest BCUT2D eigenvalue weighted by Gasteiger charge is -2.11. The van der Waals surface area contributed by atoms with Gasteiger partial charge in [-0.1, -0.05) is 44.2 Å². The molecule has 1 aromatic carbocycles. The van der Waals surface area contributed by atoms with Gasteiger partial charge in [0, 0.05) is 38.1 Å². The van der Waals surface area contributed by atoms with Crippen molar-refractivity contribution in [3.05, 3.63) is 99.9 Å². The van der Waals surface area contributed by atoms with Crippen LogP contribution in [0.1, 0.15) is 70.6 Å². The Kier molecular flexibility index (Phi) is 11.3. The standard InChI is InChI=1S/C33H38N6O8/c1-4-47-33(44)29-16-25(19-37(29)14-12-30(40)41)35-31(42)27-15-24(20-38(27)18-22(2)3)34-32(43)28-17-26(39(45)46)21-36(28)13-8-11-23-9-6-5-7-10-23/h5-7,9-10,15-17,19-22H,4,8,11-14,18H2,1-3H3,(H,34,43)(H,35,42)(H,40,41). The van der Waals surface area contributed by atoms with Crippen LogP contribution >= 0.6 is 0 Å². The van der Waals surface area contributed by atoms with Crippen molar-refractivity contribution in [2.24, 2.45) is 5.92 Å². The Bertz CT molecular complexity index is 1750. The van der Waals surface area contributed by atoms with E-state index in [1.165, 1.54) is 35.2 Å². The van der Waals surface area contributed by atoms with Gasteiger partial charge in [0.25, 0.3) is 17.5 Å². The Morgan fingerprint density at radius 3 is 2.06 bits per heavy atom. The maximum absolute atomic E-state index is 13.5. The highest BCUT2D eigenvalue weighted by Gasteiger charge is 2.23. The van der Waals surface area contributed by atoms with E-state index in [0.717, 1.165) is 12.0 Å². The number of nitrogens with zero attached hydrogens (tertiary/aromatic N) is 4. The quantitative estimate of drug-likeness (QED) is 0.0817. The molecule has 2 amide bonds. The van der Waals surface area contributed by atoms with E-state index in [9.17, 15) is 29.3 Å². The monoisotopic (exact) mass is 646 g/mol. The summed E-state index contributed by atoms with van der Waals surface area (Å²) in [5, 5.41) is 26.2. The van der Waals surface area contributed by atoms with Crippen LogP contribution in [0, 0.1) is 16.0 Å². The number of carbonyl (C=O) groups excluding carboxylic acids is 3. The highest BCUT2D eigenvalue weighted by Crippen LogP contribution is 2.23. The summed E-state index contributed by atoms with van der Waals surface area (Å²) in [4.78, 5) is 61.5. The first-order valence-corrected chi connectivity index (χ1v) is 15.3. The van der Waals surface area contributed by atoms with Gasteiger partial charge in [-0.15, -0.1) is 0 Å². The number of carboxylic acids is 1. The largest absolute Gasteiger partial charge is 0.481 e. The number of hydrogen-bond acceptors (Lipinski definition) is 7. The van der Waals surface area contributed by atoms with Gasteiger partial charge >= 0.3 is 11.9 Å². The van der Waals surface area contributed by atoms with Crippen molar-refractivity contribution in [3.63, 3.8) is 0 Å².